The van der Waals surface area contributed by atoms with E-state index in [-0.39, 0.29) is 18.2 Å². The maximum Gasteiger partial charge on any atom is 0.303 e. The van der Waals surface area contributed by atoms with Crippen LogP contribution in [0.4, 0.5) is 17.1 Å². The number of carbonyl (C=O) groups excluding carboxylic acids is 2. The highest BCUT2D eigenvalue weighted by Crippen LogP contribution is 2.38. The summed E-state index contributed by atoms with van der Waals surface area (Å²) < 4.78 is 0. The lowest BCUT2D eigenvalue weighted by atomic mass is 9.89. The van der Waals surface area contributed by atoms with Gasteiger partial charge < -0.3 is 20.2 Å². The third-order valence-corrected chi connectivity index (χ3v) is 6.84. The summed E-state index contributed by atoms with van der Waals surface area (Å²) in [5, 5.41) is 12.5. The lowest BCUT2D eigenvalue weighted by Crippen LogP contribution is -2.29. The molecule has 1 aliphatic heterocycles. The maximum absolute atomic E-state index is 13.2. The predicted octanol–water partition coefficient (Wildman–Crippen LogP) is 5.13. The summed E-state index contributed by atoms with van der Waals surface area (Å²) in [6.45, 7) is 0.663. The summed E-state index contributed by atoms with van der Waals surface area (Å²) in [5.74, 6) is -1.76. The number of aliphatic imine (C=N–C) groups is 1. The monoisotopic (exact) mass is 546 g/mol. The predicted molar refractivity (Wildman–Crippen MR) is 154 cm³/mol. The highest BCUT2D eigenvalue weighted by atomic mass is 35.5. The Bertz CT molecular complexity index is 1420. The molecule has 9 heteroatoms. The number of carboxylic acids is 1. The van der Waals surface area contributed by atoms with Crippen LogP contribution in [-0.2, 0) is 20.8 Å². The van der Waals surface area contributed by atoms with Crippen LogP contribution in [0.3, 0.4) is 0 Å². The summed E-state index contributed by atoms with van der Waals surface area (Å²) in [6.07, 6.45) is 0.776. The quantitative estimate of drug-likeness (QED) is 0.343. The van der Waals surface area contributed by atoms with Gasteiger partial charge in [-0.25, -0.2) is 0 Å². The molecule has 1 atom stereocenters. The Morgan fingerprint density at radius 1 is 1.00 bits per heavy atom. The van der Waals surface area contributed by atoms with Crippen molar-refractivity contribution in [3.05, 3.63) is 88.4 Å². The number of aliphatic carboxylic acids is 1. The fourth-order valence-electron chi connectivity index (χ4n) is 4.46. The minimum Gasteiger partial charge on any atom is -0.481 e. The number of nitrogens with one attached hydrogen (secondary N) is 1. The molecule has 0 saturated carbocycles. The number of halogens is 1. The Kier molecular flexibility index (Phi) is 8.79. The number of nitrogens with zero attached hydrogens (tertiary/aromatic N) is 3. The van der Waals surface area contributed by atoms with E-state index in [0.29, 0.717) is 41.5 Å². The van der Waals surface area contributed by atoms with E-state index in [0.717, 1.165) is 22.4 Å². The summed E-state index contributed by atoms with van der Waals surface area (Å²) in [5.41, 5.74) is 4.87. The van der Waals surface area contributed by atoms with Crippen LogP contribution in [0.1, 0.15) is 35.4 Å². The minimum absolute atomic E-state index is 0.00339. The number of fused-ring (bicyclic) bond motifs is 1. The van der Waals surface area contributed by atoms with Gasteiger partial charge in [-0.2, -0.15) is 0 Å². The molecule has 0 fully saturated rings. The van der Waals surface area contributed by atoms with Crippen LogP contribution in [0, 0.1) is 0 Å². The van der Waals surface area contributed by atoms with E-state index >= 15 is 0 Å². The number of carboxylic acid groups (broad SMARTS) is 1. The fraction of sp³-hybridized carbons (Fsp3) is 0.267. The topological polar surface area (TPSA) is 102 Å². The van der Waals surface area contributed by atoms with Crippen molar-refractivity contribution in [2.24, 2.45) is 4.99 Å². The van der Waals surface area contributed by atoms with E-state index in [1.807, 2.05) is 73.6 Å². The van der Waals surface area contributed by atoms with Crippen molar-refractivity contribution >= 4 is 52.2 Å². The standard InChI is InChI=1S/C30H31ClN4O4/c1-34(2)16-15-26(36)35(3)23-11-9-22(10-12-23)32-29(20-6-4-5-19(17-20)7-14-27(37)38)28-24-13-8-21(31)18-25(24)33-30(28)39/h4-6,8-13,17-18,28H,7,14-16H2,1-3H3,(H,33,39)(H,37,38). The van der Waals surface area contributed by atoms with E-state index in [1.165, 1.54) is 0 Å². The Morgan fingerprint density at radius 2 is 1.74 bits per heavy atom. The van der Waals surface area contributed by atoms with Crippen LogP contribution in [0.2, 0.25) is 5.02 Å². The van der Waals surface area contributed by atoms with Crippen molar-refractivity contribution in [3.8, 4) is 0 Å². The molecule has 1 unspecified atom stereocenters. The lowest BCUT2D eigenvalue weighted by Gasteiger charge is -2.19. The van der Waals surface area contributed by atoms with Gasteiger partial charge in [-0.1, -0.05) is 35.9 Å². The normalized spacial score (nSPS) is 14.7. The van der Waals surface area contributed by atoms with Crippen LogP contribution in [-0.4, -0.2) is 61.2 Å². The molecule has 1 heterocycles. The zero-order chi connectivity index (χ0) is 28.1. The Labute approximate surface area is 232 Å². The first-order chi connectivity index (χ1) is 18.6. The molecule has 3 aromatic rings. The van der Waals surface area contributed by atoms with Crippen molar-refractivity contribution in [3.63, 3.8) is 0 Å². The third-order valence-electron chi connectivity index (χ3n) is 6.60. The Hall–Kier alpha value is -4.01. The van der Waals surface area contributed by atoms with E-state index in [4.69, 9.17) is 21.7 Å². The van der Waals surface area contributed by atoms with Gasteiger partial charge in [0.2, 0.25) is 11.8 Å². The van der Waals surface area contributed by atoms with Crippen molar-refractivity contribution in [1.82, 2.24) is 4.90 Å². The average Bonchev–Trinajstić information content (AvgIpc) is 3.23. The number of rotatable bonds is 10. The molecule has 0 aliphatic carbocycles. The van der Waals surface area contributed by atoms with Crippen molar-refractivity contribution < 1.29 is 19.5 Å². The molecule has 0 bridgehead atoms. The number of hydrogen-bond acceptors (Lipinski definition) is 5. The van der Waals surface area contributed by atoms with Gasteiger partial charge in [-0.3, -0.25) is 19.4 Å². The third kappa shape index (κ3) is 6.90. The zero-order valence-corrected chi connectivity index (χ0v) is 22.9. The molecule has 0 radical (unpaired) electrons. The number of aryl methyl sites for hydroxylation is 1. The number of amides is 2. The Balaban J connectivity index is 1.71. The Morgan fingerprint density at radius 3 is 2.44 bits per heavy atom. The SMILES string of the molecule is CN(C)CCC(=O)N(C)c1ccc(N=C(c2cccc(CCC(=O)O)c2)C2C(=O)Nc3cc(Cl)ccc32)cc1. The van der Waals surface area contributed by atoms with Crippen LogP contribution in [0.5, 0.6) is 0 Å². The van der Waals surface area contributed by atoms with Gasteiger partial charge in [0.05, 0.1) is 11.4 Å². The molecule has 2 N–H and O–H groups in total. The second-order valence-corrected chi connectivity index (χ2v) is 10.2. The lowest BCUT2D eigenvalue weighted by molar-refractivity contribution is -0.137. The molecule has 0 spiro atoms. The first-order valence-electron chi connectivity index (χ1n) is 12.6. The van der Waals surface area contributed by atoms with Gasteiger partial charge in [-0.05, 0) is 79.7 Å². The second kappa shape index (κ2) is 12.2. The van der Waals surface area contributed by atoms with Crippen molar-refractivity contribution in [2.75, 3.05) is 37.9 Å². The van der Waals surface area contributed by atoms with E-state index in [1.54, 1.807) is 24.1 Å². The molecule has 8 nitrogen and oxygen atoms in total. The van der Waals surface area contributed by atoms with Crippen molar-refractivity contribution in [2.45, 2.75) is 25.2 Å². The molecule has 0 saturated heterocycles. The largest absolute Gasteiger partial charge is 0.481 e. The van der Waals surface area contributed by atoms with Crippen molar-refractivity contribution in [1.29, 1.82) is 0 Å². The van der Waals surface area contributed by atoms with Crippen LogP contribution in [0.25, 0.3) is 0 Å². The van der Waals surface area contributed by atoms with Gasteiger partial charge in [-0.15, -0.1) is 0 Å². The maximum atomic E-state index is 13.2. The summed E-state index contributed by atoms with van der Waals surface area (Å²) >= 11 is 6.16. The molecule has 1 aliphatic rings. The molecular weight excluding hydrogens is 516 g/mol. The average molecular weight is 547 g/mol. The molecule has 4 rings (SSSR count). The number of carbonyl (C=O) groups is 3. The van der Waals surface area contributed by atoms with Gasteiger partial charge >= 0.3 is 5.97 Å². The number of anilines is 2. The molecular formula is C30H31ClN4O4. The van der Waals surface area contributed by atoms with E-state index in [9.17, 15) is 14.4 Å². The first kappa shape index (κ1) is 28.0. The molecule has 202 valence electrons. The number of hydrogen-bond donors (Lipinski definition) is 2. The highest BCUT2D eigenvalue weighted by molar-refractivity contribution is 6.31. The molecule has 2 amide bonds. The highest BCUT2D eigenvalue weighted by Gasteiger charge is 2.35. The first-order valence-corrected chi connectivity index (χ1v) is 13.0. The summed E-state index contributed by atoms with van der Waals surface area (Å²) in [6, 6.07) is 20.0. The minimum atomic E-state index is -0.875. The van der Waals surface area contributed by atoms with Gasteiger partial charge in [0, 0.05) is 42.8 Å². The second-order valence-electron chi connectivity index (χ2n) is 9.77. The van der Waals surface area contributed by atoms with E-state index in [2.05, 4.69) is 5.32 Å². The number of benzene rings is 3. The van der Waals surface area contributed by atoms with Gasteiger partial charge in [0.25, 0.3) is 0 Å². The fourth-order valence-corrected chi connectivity index (χ4v) is 4.63. The van der Waals surface area contributed by atoms with Crippen LogP contribution < -0.4 is 10.2 Å². The summed E-state index contributed by atoms with van der Waals surface area (Å²) in [4.78, 5) is 45.4. The molecule has 39 heavy (non-hydrogen) atoms. The van der Waals surface area contributed by atoms with E-state index < -0.39 is 11.9 Å². The van der Waals surface area contributed by atoms with Gasteiger partial charge in [0.1, 0.15) is 5.92 Å². The molecule has 3 aromatic carbocycles. The zero-order valence-electron chi connectivity index (χ0n) is 22.1. The summed E-state index contributed by atoms with van der Waals surface area (Å²) in [7, 11) is 5.60. The smallest absolute Gasteiger partial charge is 0.303 e. The van der Waals surface area contributed by atoms with Crippen LogP contribution >= 0.6 is 11.6 Å². The van der Waals surface area contributed by atoms with Gasteiger partial charge in [0.15, 0.2) is 0 Å². The van der Waals surface area contributed by atoms with Crippen LogP contribution in [0.15, 0.2) is 71.7 Å². The molecule has 0 aromatic heterocycles.